The second kappa shape index (κ2) is 14.8. The summed E-state index contributed by atoms with van der Waals surface area (Å²) in [5.74, 6) is -1.61. The van der Waals surface area contributed by atoms with Crippen LogP contribution in [0.4, 0.5) is 14.9 Å². The molecular weight excluding hydrogens is 672 g/mol. The van der Waals surface area contributed by atoms with E-state index in [0.29, 0.717) is 50.8 Å². The molecule has 1 saturated heterocycles. The van der Waals surface area contributed by atoms with Gasteiger partial charge in [0, 0.05) is 29.4 Å². The van der Waals surface area contributed by atoms with Crippen molar-refractivity contribution in [3.05, 3.63) is 108 Å². The number of thiophene rings is 1. The molecule has 0 spiro atoms. The van der Waals surface area contributed by atoms with Crippen LogP contribution in [0.15, 0.2) is 60.9 Å². The van der Waals surface area contributed by atoms with Gasteiger partial charge in [0.2, 0.25) is 0 Å². The highest BCUT2D eigenvalue weighted by Gasteiger charge is 2.31. The van der Waals surface area contributed by atoms with Gasteiger partial charge in [0.25, 0.3) is 0 Å². The van der Waals surface area contributed by atoms with Crippen LogP contribution in [0.2, 0.25) is 10.0 Å². The lowest BCUT2D eigenvalue weighted by molar-refractivity contribution is -0.605. The number of aromatic nitrogens is 1. The van der Waals surface area contributed by atoms with E-state index in [1.54, 1.807) is 30.3 Å². The van der Waals surface area contributed by atoms with E-state index in [4.69, 9.17) is 37.4 Å². The summed E-state index contributed by atoms with van der Waals surface area (Å²) in [6.07, 6.45) is 1.99. The lowest BCUT2D eigenvalue weighted by atomic mass is 9.85. The number of methoxy groups -OCH3 is 2. The minimum absolute atomic E-state index is 0.000818. The maximum atomic E-state index is 15.1. The number of amides is 1. The molecule has 5 rings (SSSR count). The molecule has 248 valence electrons. The number of pyridine rings is 1. The monoisotopic (exact) mass is 703 g/mol. The average molecular weight is 705 g/mol. The van der Waals surface area contributed by atoms with Crippen molar-refractivity contribution in [2.75, 3.05) is 39.3 Å². The third kappa shape index (κ3) is 7.73. The number of carboxylic acid groups (broad SMARTS) is 1. The van der Waals surface area contributed by atoms with E-state index in [1.807, 2.05) is 11.9 Å². The fourth-order valence-electron chi connectivity index (χ4n) is 5.64. The van der Waals surface area contributed by atoms with Crippen LogP contribution >= 0.6 is 34.5 Å². The first-order chi connectivity index (χ1) is 22.5. The zero-order valence-corrected chi connectivity index (χ0v) is 28.1. The van der Waals surface area contributed by atoms with Gasteiger partial charge in [-0.2, -0.15) is 4.73 Å². The molecular formula is C33H32Cl2FN3O7S. The summed E-state index contributed by atoms with van der Waals surface area (Å²) in [7, 11) is 4.91. The number of rotatable bonds is 11. The quantitative estimate of drug-likeness (QED) is 0.135. The Hall–Kier alpha value is -4.10. The topological polar surface area (TPSA) is 115 Å². The molecule has 1 N–H and O–H groups in total. The van der Waals surface area contributed by atoms with E-state index in [2.05, 4.69) is 0 Å². The van der Waals surface area contributed by atoms with Crippen molar-refractivity contribution >= 4 is 52.3 Å². The molecule has 0 unspecified atom stereocenters. The molecule has 0 radical (unpaired) electrons. The van der Waals surface area contributed by atoms with Crippen LogP contribution in [-0.4, -0.2) is 62.5 Å². The first-order valence-electron chi connectivity index (χ1n) is 14.5. The van der Waals surface area contributed by atoms with Crippen LogP contribution < -0.4 is 19.1 Å². The third-order valence-electron chi connectivity index (χ3n) is 7.95. The van der Waals surface area contributed by atoms with Gasteiger partial charge in [-0.15, -0.1) is 11.3 Å². The molecule has 0 saturated carbocycles. The Kier molecular flexibility index (Phi) is 10.8. The smallest absolute Gasteiger partial charge is 0.415 e. The summed E-state index contributed by atoms with van der Waals surface area (Å²) in [6, 6.07) is 12.7. The van der Waals surface area contributed by atoms with E-state index in [-0.39, 0.29) is 39.7 Å². The van der Waals surface area contributed by atoms with Crippen LogP contribution in [0.5, 0.6) is 11.5 Å². The van der Waals surface area contributed by atoms with Crippen molar-refractivity contribution < 1.29 is 38.0 Å². The average Bonchev–Trinajstić information content (AvgIpc) is 3.65. The largest absolute Gasteiger partial charge is 0.619 e. The molecule has 14 heteroatoms. The van der Waals surface area contributed by atoms with Crippen LogP contribution in [0, 0.1) is 11.0 Å². The number of carbonyl (C=O) groups excluding carboxylic acids is 1. The number of hydrogen-bond donors (Lipinski definition) is 1. The van der Waals surface area contributed by atoms with Crippen LogP contribution in [0.1, 0.15) is 43.6 Å². The highest BCUT2D eigenvalue weighted by atomic mass is 35.5. The summed E-state index contributed by atoms with van der Waals surface area (Å²) in [6.45, 7) is 1.15. The summed E-state index contributed by atoms with van der Waals surface area (Å²) in [5.41, 5.74) is 1.48. The Bertz CT molecular complexity index is 1770. The maximum Gasteiger partial charge on any atom is 0.415 e. The van der Waals surface area contributed by atoms with Crippen molar-refractivity contribution in [2.24, 2.45) is 0 Å². The summed E-state index contributed by atoms with van der Waals surface area (Å²) in [5, 5.41) is 22.6. The van der Waals surface area contributed by atoms with Gasteiger partial charge in [-0.3, -0.25) is 4.90 Å². The first-order valence-corrected chi connectivity index (χ1v) is 16.1. The molecule has 2 aromatic heterocycles. The number of carboxylic acids is 1. The normalized spacial score (nSPS) is 15.3. The zero-order chi connectivity index (χ0) is 33.8. The fraction of sp³-hybridized carbons (Fsp3) is 0.303. The SMILES string of the molecule is COc1ccc([C@H](Cc2c(Cl)c[n+]([O-])cc2Cl)c2cc(CN(C(=O)O[C@@H]3CCN(C)C3)c3ccccc3F)sc2C(=O)O)cc1OC. The maximum absolute atomic E-state index is 15.1. The van der Waals surface area contributed by atoms with E-state index in [0.717, 1.165) is 17.9 Å². The van der Waals surface area contributed by atoms with Gasteiger partial charge in [0.1, 0.15) is 26.8 Å². The predicted molar refractivity (Wildman–Crippen MR) is 177 cm³/mol. The zero-order valence-electron chi connectivity index (χ0n) is 25.7. The van der Waals surface area contributed by atoms with Crippen molar-refractivity contribution in [2.45, 2.75) is 31.4 Å². The Morgan fingerprint density at radius 1 is 1.13 bits per heavy atom. The standard InChI is InChI=1S/C33H32Cl2FN3O7S/c1-37-11-10-20(15-37)46-33(42)39(28-7-5-4-6-27(28)36)16-21-13-23(31(47-21)32(40)41)22(14-24-25(34)17-38(43)18-26(24)35)19-8-9-29(44-2)30(12-19)45-3/h4-9,12-13,17-18,20,22H,10-11,14-16H2,1-3H3,(H,40,41)/t20-,22+/m1/s1. The van der Waals surface area contributed by atoms with Gasteiger partial charge in [0.05, 0.1) is 26.5 Å². The number of benzene rings is 2. The number of ether oxygens (including phenoxy) is 3. The van der Waals surface area contributed by atoms with E-state index in [9.17, 15) is 19.9 Å². The number of anilines is 1. The molecule has 2 aromatic carbocycles. The number of likely N-dealkylation sites (N-methyl/N-ethyl adjacent to an activating group) is 1. The van der Waals surface area contributed by atoms with Crippen LogP contribution in [0.25, 0.3) is 0 Å². The van der Waals surface area contributed by atoms with Crippen molar-refractivity contribution in [3.63, 3.8) is 0 Å². The van der Waals surface area contributed by atoms with Gasteiger partial charge in [-0.05, 0) is 61.3 Å². The Morgan fingerprint density at radius 2 is 1.83 bits per heavy atom. The molecule has 2 atom stereocenters. The highest BCUT2D eigenvalue weighted by Crippen LogP contribution is 2.41. The minimum atomic E-state index is -1.20. The number of aromatic carboxylic acids is 1. The summed E-state index contributed by atoms with van der Waals surface area (Å²) in [4.78, 5) is 30.0. The molecule has 0 bridgehead atoms. The highest BCUT2D eigenvalue weighted by molar-refractivity contribution is 7.14. The van der Waals surface area contributed by atoms with Crippen LogP contribution in [0.3, 0.4) is 0 Å². The molecule has 1 aliphatic rings. The molecule has 10 nitrogen and oxygen atoms in total. The first kappa shape index (κ1) is 34.2. The number of para-hydroxylation sites is 1. The van der Waals surface area contributed by atoms with Gasteiger partial charge < -0.3 is 29.4 Å². The Morgan fingerprint density at radius 3 is 2.45 bits per heavy atom. The molecule has 1 aliphatic heterocycles. The fourth-order valence-corrected chi connectivity index (χ4v) is 7.29. The molecule has 0 aliphatic carbocycles. The third-order valence-corrected chi connectivity index (χ3v) is 9.73. The van der Waals surface area contributed by atoms with E-state index < -0.39 is 23.8 Å². The number of hydrogen-bond acceptors (Lipinski definition) is 8. The van der Waals surface area contributed by atoms with Crippen LogP contribution in [-0.2, 0) is 17.7 Å². The Balaban J connectivity index is 1.59. The number of likely N-dealkylation sites (tertiary alicyclic amines) is 1. The molecule has 1 fully saturated rings. The summed E-state index contributed by atoms with van der Waals surface area (Å²) < 4.78 is 32.3. The molecule has 1 amide bonds. The van der Waals surface area contributed by atoms with E-state index >= 15 is 4.39 Å². The minimum Gasteiger partial charge on any atom is -0.619 e. The van der Waals surface area contributed by atoms with Gasteiger partial charge in [0.15, 0.2) is 23.9 Å². The number of carbonyl (C=O) groups is 2. The van der Waals surface area contributed by atoms with Gasteiger partial charge in [-0.25, -0.2) is 14.0 Å². The van der Waals surface area contributed by atoms with E-state index in [1.165, 1.54) is 49.7 Å². The van der Waals surface area contributed by atoms with Gasteiger partial charge >= 0.3 is 12.1 Å². The molecule has 47 heavy (non-hydrogen) atoms. The van der Waals surface area contributed by atoms with Crippen molar-refractivity contribution in [1.82, 2.24) is 4.90 Å². The Labute approximate surface area is 285 Å². The second-order valence-electron chi connectivity index (χ2n) is 11.1. The van der Waals surface area contributed by atoms with Crippen molar-refractivity contribution in [1.29, 1.82) is 0 Å². The summed E-state index contributed by atoms with van der Waals surface area (Å²) >= 11 is 13.9. The molecule has 4 aromatic rings. The molecule has 3 heterocycles. The predicted octanol–water partition coefficient (Wildman–Crippen LogP) is 6.76. The van der Waals surface area contributed by atoms with Gasteiger partial charge in [-0.1, -0.05) is 41.4 Å². The number of halogens is 3. The second-order valence-corrected chi connectivity index (χ2v) is 13.0. The lowest BCUT2D eigenvalue weighted by Crippen LogP contribution is -2.35. The van der Waals surface area contributed by atoms with Crippen molar-refractivity contribution in [3.8, 4) is 11.5 Å². The lowest BCUT2D eigenvalue weighted by Gasteiger charge is -2.24. The number of nitrogens with zero attached hydrogens (tertiary/aromatic N) is 3.